The molecule has 0 unspecified atom stereocenters. The van der Waals surface area contributed by atoms with Crippen LogP contribution in [0.25, 0.3) is 11.1 Å². The lowest BCUT2D eigenvalue weighted by atomic mass is 9.98. The Morgan fingerprint density at radius 3 is 1.96 bits per heavy atom. The van der Waals surface area contributed by atoms with Crippen LogP contribution in [0, 0.1) is 0 Å². The molecule has 2 rings (SSSR count). The van der Waals surface area contributed by atoms with Gasteiger partial charge in [-0.3, -0.25) is 4.79 Å². The summed E-state index contributed by atoms with van der Waals surface area (Å²) in [4.78, 5) is 26.3. The van der Waals surface area contributed by atoms with Crippen LogP contribution >= 0.6 is 0 Å². The first-order valence-electron chi connectivity index (χ1n) is 9.49. The van der Waals surface area contributed by atoms with Crippen molar-refractivity contribution in [2.24, 2.45) is 0 Å². The van der Waals surface area contributed by atoms with Crippen molar-refractivity contribution in [3.8, 4) is 16.9 Å². The van der Waals surface area contributed by atoms with Crippen LogP contribution in [0.5, 0.6) is 5.75 Å². The van der Waals surface area contributed by atoms with E-state index in [1.54, 1.807) is 12.1 Å². The number of nitrogens with zero attached hydrogens (tertiary/aromatic N) is 1. The van der Waals surface area contributed by atoms with E-state index < -0.39 is 11.6 Å². The fraction of sp³-hybridized carbons (Fsp3) is 0.391. The molecule has 0 aromatic heterocycles. The van der Waals surface area contributed by atoms with Gasteiger partial charge in [0.2, 0.25) is 0 Å². The van der Waals surface area contributed by atoms with Gasteiger partial charge in [0.1, 0.15) is 5.75 Å². The Kier molecular flexibility index (Phi) is 6.49. The maximum Gasteiger partial charge on any atom is 0.347 e. The number of carbonyl (C=O) groups excluding carboxylic acids is 1. The molecule has 0 aliphatic heterocycles. The third-order valence-electron chi connectivity index (χ3n) is 4.56. The van der Waals surface area contributed by atoms with Gasteiger partial charge in [-0.15, -0.1) is 0 Å². The van der Waals surface area contributed by atoms with Crippen LogP contribution in [0.2, 0.25) is 0 Å². The number of amides is 1. The molecule has 2 aromatic rings. The van der Waals surface area contributed by atoms with Crippen LogP contribution in [-0.4, -0.2) is 39.6 Å². The van der Waals surface area contributed by atoms with E-state index in [1.165, 1.54) is 13.8 Å². The van der Waals surface area contributed by atoms with Crippen molar-refractivity contribution < 1.29 is 19.4 Å². The maximum atomic E-state index is 13.2. The largest absolute Gasteiger partial charge is 0.478 e. The molecule has 0 bridgehead atoms. The third kappa shape index (κ3) is 4.71. The monoisotopic (exact) mass is 383 g/mol. The predicted molar refractivity (Wildman–Crippen MR) is 111 cm³/mol. The van der Waals surface area contributed by atoms with E-state index in [9.17, 15) is 14.7 Å². The Morgan fingerprint density at radius 1 is 0.929 bits per heavy atom. The molecule has 0 spiro atoms. The first kappa shape index (κ1) is 21.5. The van der Waals surface area contributed by atoms with Crippen molar-refractivity contribution in [2.75, 3.05) is 0 Å². The summed E-state index contributed by atoms with van der Waals surface area (Å²) >= 11 is 0. The van der Waals surface area contributed by atoms with Gasteiger partial charge in [0.05, 0.1) is 0 Å². The van der Waals surface area contributed by atoms with Crippen molar-refractivity contribution in [3.05, 3.63) is 54.1 Å². The summed E-state index contributed by atoms with van der Waals surface area (Å²) in [7, 11) is 0. The fourth-order valence-electron chi connectivity index (χ4n) is 3.17. The van der Waals surface area contributed by atoms with Crippen LogP contribution in [0.3, 0.4) is 0 Å². The lowest BCUT2D eigenvalue weighted by molar-refractivity contribution is -0.152. The lowest BCUT2D eigenvalue weighted by Gasteiger charge is -2.31. The molecular formula is C23H29NO4. The lowest BCUT2D eigenvalue weighted by Crippen LogP contribution is -2.42. The van der Waals surface area contributed by atoms with Crippen LogP contribution in [0.15, 0.2) is 48.5 Å². The highest BCUT2D eigenvalue weighted by atomic mass is 16.5. The van der Waals surface area contributed by atoms with Crippen LogP contribution in [0.4, 0.5) is 0 Å². The maximum absolute atomic E-state index is 13.2. The molecule has 1 amide bonds. The quantitative estimate of drug-likeness (QED) is 0.742. The first-order valence-corrected chi connectivity index (χ1v) is 9.49. The topological polar surface area (TPSA) is 66.8 Å². The van der Waals surface area contributed by atoms with Crippen molar-refractivity contribution >= 4 is 11.9 Å². The highest BCUT2D eigenvalue weighted by Gasteiger charge is 2.29. The van der Waals surface area contributed by atoms with Gasteiger partial charge in [-0.2, -0.15) is 0 Å². The van der Waals surface area contributed by atoms with Crippen molar-refractivity contribution in [2.45, 2.75) is 59.2 Å². The van der Waals surface area contributed by atoms with Crippen LogP contribution in [-0.2, 0) is 4.79 Å². The Bertz CT molecular complexity index is 830. The predicted octanol–water partition coefficient (Wildman–Crippen LogP) is 4.85. The third-order valence-corrected chi connectivity index (χ3v) is 4.56. The van der Waals surface area contributed by atoms with Crippen molar-refractivity contribution in [1.82, 2.24) is 4.90 Å². The summed E-state index contributed by atoms with van der Waals surface area (Å²) < 4.78 is 5.56. The molecule has 5 nitrogen and oxygen atoms in total. The minimum absolute atomic E-state index is 0.00654. The zero-order valence-electron chi connectivity index (χ0n) is 17.4. The van der Waals surface area contributed by atoms with E-state index in [0.717, 1.165) is 11.1 Å². The Hall–Kier alpha value is -2.82. The second-order valence-corrected chi connectivity index (χ2v) is 7.89. The van der Waals surface area contributed by atoms with Crippen LogP contribution < -0.4 is 4.74 Å². The number of aliphatic carboxylic acids is 1. The molecule has 2 aromatic carbocycles. The molecule has 0 atom stereocenters. The van der Waals surface area contributed by atoms with Crippen LogP contribution in [0.1, 0.15) is 51.9 Å². The van der Waals surface area contributed by atoms with Gasteiger partial charge in [-0.25, -0.2) is 4.79 Å². The zero-order chi connectivity index (χ0) is 21.1. The smallest absolute Gasteiger partial charge is 0.347 e. The molecule has 0 saturated carbocycles. The fourth-order valence-corrected chi connectivity index (χ4v) is 3.17. The van der Waals surface area contributed by atoms with E-state index >= 15 is 0 Å². The number of rotatable bonds is 7. The zero-order valence-corrected chi connectivity index (χ0v) is 17.4. The van der Waals surface area contributed by atoms with E-state index in [4.69, 9.17) is 4.74 Å². The average Bonchev–Trinajstić information content (AvgIpc) is 2.61. The highest BCUT2D eigenvalue weighted by Crippen LogP contribution is 2.29. The molecule has 5 heteroatoms. The number of hydrogen-bond donors (Lipinski definition) is 1. The van der Waals surface area contributed by atoms with Crippen molar-refractivity contribution in [3.63, 3.8) is 0 Å². The van der Waals surface area contributed by atoms with E-state index in [2.05, 4.69) is 0 Å². The molecule has 150 valence electrons. The minimum Gasteiger partial charge on any atom is -0.478 e. The number of carboxylic acids is 1. The standard InChI is InChI=1S/C23H29NO4/c1-15(2)24(16(3)4)21(25)20-10-8-7-9-19(20)17-11-13-18(14-12-17)28-23(5,6)22(26)27/h7-16H,1-6H3,(H,26,27). The van der Waals surface area contributed by atoms with Gasteiger partial charge in [0.15, 0.2) is 5.60 Å². The molecule has 0 aliphatic rings. The molecule has 0 fully saturated rings. The Balaban J connectivity index is 2.37. The summed E-state index contributed by atoms with van der Waals surface area (Å²) in [5.74, 6) is -0.575. The van der Waals surface area contributed by atoms with E-state index in [-0.39, 0.29) is 18.0 Å². The SMILES string of the molecule is CC(C)N(C(=O)c1ccccc1-c1ccc(OC(C)(C)C(=O)O)cc1)C(C)C. The van der Waals surface area contributed by atoms with E-state index in [0.29, 0.717) is 11.3 Å². The van der Waals surface area contributed by atoms with Gasteiger partial charge < -0.3 is 14.7 Å². The van der Waals surface area contributed by atoms with Gasteiger partial charge >= 0.3 is 5.97 Å². The van der Waals surface area contributed by atoms with Gasteiger partial charge in [0.25, 0.3) is 5.91 Å². The highest BCUT2D eigenvalue weighted by molar-refractivity contribution is 6.01. The molecule has 1 N–H and O–H groups in total. The van der Waals surface area contributed by atoms with Crippen molar-refractivity contribution in [1.29, 1.82) is 0 Å². The van der Waals surface area contributed by atoms with Gasteiger partial charge in [-0.05, 0) is 70.9 Å². The summed E-state index contributed by atoms with van der Waals surface area (Å²) in [6.45, 7) is 11.1. The second kappa shape index (κ2) is 8.46. The second-order valence-electron chi connectivity index (χ2n) is 7.89. The number of benzene rings is 2. The van der Waals surface area contributed by atoms with Gasteiger partial charge in [-0.1, -0.05) is 30.3 Å². The van der Waals surface area contributed by atoms with E-state index in [1.807, 2.05) is 69.0 Å². The summed E-state index contributed by atoms with van der Waals surface area (Å²) in [5.41, 5.74) is 1.04. The molecule has 0 radical (unpaired) electrons. The Morgan fingerprint density at radius 2 is 1.46 bits per heavy atom. The minimum atomic E-state index is -1.32. The number of carbonyl (C=O) groups is 2. The molecular weight excluding hydrogens is 354 g/mol. The molecule has 0 aliphatic carbocycles. The molecule has 0 heterocycles. The number of carboxylic acid groups (broad SMARTS) is 1. The normalized spacial score (nSPS) is 11.6. The average molecular weight is 383 g/mol. The number of ether oxygens (including phenoxy) is 1. The molecule has 28 heavy (non-hydrogen) atoms. The summed E-state index contributed by atoms with van der Waals surface area (Å²) in [6, 6.07) is 14.8. The number of hydrogen-bond acceptors (Lipinski definition) is 3. The van der Waals surface area contributed by atoms with Gasteiger partial charge in [0, 0.05) is 17.6 Å². The Labute approximate surface area is 166 Å². The molecule has 0 saturated heterocycles. The summed E-state index contributed by atoms with van der Waals surface area (Å²) in [6.07, 6.45) is 0. The summed E-state index contributed by atoms with van der Waals surface area (Å²) in [5, 5.41) is 9.21. The first-order chi connectivity index (χ1) is 13.0.